The lowest BCUT2D eigenvalue weighted by Gasteiger charge is -2.10. The number of ether oxygens (including phenoxy) is 1. The summed E-state index contributed by atoms with van der Waals surface area (Å²) in [4.78, 5) is 28.7. The first-order chi connectivity index (χ1) is 16.8. The number of pyridine rings is 1. The first-order valence-electron chi connectivity index (χ1n) is 11.7. The summed E-state index contributed by atoms with van der Waals surface area (Å²) in [7, 11) is 1.89. The van der Waals surface area contributed by atoms with Crippen LogP contribution in [0.1, 0.15) is 66.2 Å². The van der Waals surface area contributed by atoms with Crippen molar-refractivity contribution in [3.63, 3.8) is 0 Å². The first kappa shape index (κ1) is 26.4. The van der Waals surface area contributed by atoms with Crippen molar-refractivity contribution in [2.45, 2.75) is 52.1 Å². The second-order valence-electron chi connectivity index (χ2n) is 8.89. The fourth-order valence-electron chi connectivity index (χ4n) is 4.24. The first-order valence-corrected chi connectivity index (χ1v) is 12.1. The third-order valence-electron chi connectivity index (χ3n) is 6.05. The van der Waals surface area contributed by atoms with Crippen LogP contribution in [-0.2, 0) is 29.6 Å². The van der Waals surface area contributed by atoms with E-state index in [0.29, 0.717) is 53.2 Å². The molecule has 3 rings (SSSR count). The average molecular weight is 496 g/mol. The largest absolute Gasteiger partial charge is 0.481 e. The van der Waals surface area contributed by atoms with Gasteiger partial charge < -0.3 is 14.4 Å². The number of rotatable bonds is 13. The molecule has 0 aliphatic heterocycles. The van der Waals surface area contributed by atoms with Crippen LogP contribution in [0.5, 0.6) is 0 Å². The molecule has 0 spiro atoms. The number of carbonyl (C=O) groups excluding carboxylic acids is 1. The van der Waals surface area contributed by atoms with Gasteiger partial charge in [-0.05, 0) is 55.4 Å². The number of hydrogen-bond donors (Lipinski definition) is 1. The number of nitrogens with zero attached hydrogens (tertiary/aromatic N) is 3. The Balaban J connectivity index is 1.69. The van der Waals surface area contributed by atoms with Crippen molar-refractivity contribution in [2.24, 2.45) is 13.0 Å². The van der Waals surface area contributed by atoms with Crippen molar-refractivity contribution in [1.82, 2.24) is 9.55 Å². The summed E-state index contributed by atoms with van der Waals surface area (Å²) in [5.41, 5.74) is 3.56. The molecule has 0 amide bonds. The van der Waals surface area contributed by atoms with Crippen LogP contribution in [0.25, 0.3) is 11.0 Å². The van der Waals surface area contributed by atoms with Gasteiger partial charge in [0.05, 0.1) is 12.2 Å². The van der Waals surface area contributed by atoms with E-state index in [1.165, 1.54) is 6.20 Å². The summed E-state index contributed by atoms with van der Waals surface area (Å²) in [6.45, 7) is 2.92. The Morgan fingerprint density at radius 2 is 2.09 bits per heavy atom. The van der Waals surface area contributed by atoms with Crippen LogP contribution in [-0.4, -0.2) is 33.0 Å². The van der Waals surface area contributed by atoms with E-state index in [1.54, 1.807) is 6.07 Å². The highest BCUT2D eigenvalue weighted by atomic mass is 35.5. The van der Waals surface area contributed by atoms with Gasteiger partial charge in [-0.15, -0.1) is 0 Å². The number of Topliss-reactive ketones (excluding diaryl/α,β-unsaturated/α-hetero) is 1. The Bertz CT molecular complexity index is 1250. The molecule has 0 saturated carbocycles. The number of hydrogen-bond acceptors (Lipinski definition) is 5. The summed E-state index contributed by atoms with van der Waals surface area (Å²) >= 11 is 6.01. The van der Waals surface area contributed by atoms with Crippen LogP contribution >= 0.6 is 11.6 Å². The third kappa shape index (κ3) is 7.14. The van der Waals surface area contributed by atoms with E-state index >= 15 is 0 Å². The molecule has 0 fully saturated rings. The van der Waals surface area contributed by atoms with Crippen LogP contribution in [0.3, 0.4) is 0 Å². The Kier molecular flexibility index (Phi) is 9.41. The van der Waals surface area contributed by atoms with E-state index in [1.807, 2.05) is 42.8 Å². The molecule has 0 unspecified atom stereocenters. The Morgan fingerprint density at radius 1 is 1.29 bits per heavy atom. The quantitative estimate of drug-likeness (QED) is 0.240. The zero-order chi connectivity index (χ0) is 25.4. The highest BCUT2D eigenvalue weighted by molar-refractivity contribution is 6.30. The molecule has 2 heterocycles. The summed E-state index contributed by atoms with van der Waals surface area (Å²) in [6, 6.07) is 11.4. The van der Waals surface area contributed by atoms with E-state index < -0.39 is 5.97 Å². The molecule has 0 saturated heterocycles. The lowest BCUT2D eigenvalue weighted by atomic mass is 9.95. The molecule has 0 aliphatic rings. The van der Waals surface area contributed by atoms with Gasteiger partial charge >= 0.3 is 5.97 Å². The van der Waals surface area contributed by atoms with Crippen molar-refractivity contribution in [3.05, 3.63) is 63.9 Å². The molecule has 1 N–H and O–H groups in total. The minimum Gasteiger partial charge on any atom is -0.481 e. The Hall–Kier alpha value is -3.21. The van der Waals surface area contributed by atoms with Gasteiger partial charge in [-0.25, -0.2) is 4.98 Å². The van der Waals surface area contributed by atoms with Crippen LogP contribution in [0.15, 0.2) is 36.5 Å². The molecule has 1 aromatic carbocycles. The number of fused-ring (bicyclic) bond motifs is 1. The molecular weight excluding hydrogens is 466 g/mol. The number of carboxylic acids is 1. The summed E-state index contributed by atoms with van der Waals surface area (Å²) in [6.07, 6.45) is 4.59. The van der Waals surface area contributed by atoms with Gasteiger partial charge in [0.1, 0.15) is 11.7 Å². The van der Waals surface area contributed by atoms with Gasteiger partial charge in [-0.2, -0.15) is 5.26 Å². The summed E-state index contributed by atoms with van der Waals surface area (Å²) < 4.78 is 7.71. The average Bonchev–Trinajstić information content (AvgIpc) is 3.10. The van der Waals surface area contributed by atoms with E-state index in [4.69, 9.17) is 21.4 Å². The topological polar surface area (TPSA) is 105 Å². The van der Waals surface area contributed by atoms with Crippen molar-refractivity contribution in [2.75, 3.05) is 6.61 Å². The number of nitriles is 1. The van der Waals surface area contributed by atoms with E-state index in [-0.39, 0.29) is 24.5 Å². The van der Waals surface area contributed by atoms with E-state index in [2.05, 4.69) is 11.1 Å². The molecule has 3 aromatic rings. The molecule has 1 atom stereocenters. The van der Waals surface area contributed by atoms with Crippen LogP contribution in [0.2, 0.25) is 5.02 Å². The standard InChI is InChI=1S/C27H30ClN3O4/c1-18(12-25(33)34)9-10-24(32)26-22-14-20(15-29)16-30-27(22)31(2)23(26)8-3-4-11-35-17-19-6-5-7-21(28)13-19/h5-7,13-14,16,18H,3-4,8-12,17H2,1-2H3,(H,33,34)/t18-/m0/s1. The number of halogens is 1. The van der Waals surface area contributed by atoms with Gasteiger partial charge in [0.2, 0.25) is 0 Å². The van der Waals surface area contributed by atoms with Gasteiger partial charge in [0.15, 0.2) is 5.78 Å². The van der Waals surface area contributed by atoms with Gasteiger partial charge in [-0.1, -0.05) is 30.7 Å². The molecule has 35 heavy (non-hydrogen) atoms. The lowest BCUT2D eigenvalue weighted by Crippen LogP contribution is -2.10. The Labute approximate surface area is 210 Å². The Morgan fingerprint density at radius 3 is 2.80 bits per heavy atom. The highest BCUT2D eigenvalue weighted by Gasteiger charge is 2.23. The second-order valence-corrected chi connectivity index (χ2v) is 9.33. The third-order valence-corrected chi connectivity index (χ3v) is 6.29. The predicted octanol–water partition coefficient (Wildman–Crippen LogP) is 5.71. The lowest BCUT2D eigenvalue weighted by molar-refractivity contribution is -0.138. The molecule has 0 aliphatic carbocycles. The fraction of sp³-hybridized carbons (Fsp3) is 0.407. The maximum atomic E-state index is 13.3. The normalized spacial score (nSPS) is 11.9. The monoisotopic (exact) mass is 495 g/mol. The summed E-state index contributed by atoms with van der Waals surface area (Å²) in [5, 5.41) is 19.7. The van der Waals surface area contributed by atoms with Gasteiger partial charge in [0, 0.05) is 54.4 Å². The number of aliphatic carboxylic acids is 1. The van der Waals surface area contributed by atoms with E-state index in [9.17, 15) is 14.9 Å². The van der Waals surface area contributed by atoms with Gasteiger partial charge in [0.25, 0.3) is 0 Å². The highest BCUT2D eigenvalue weighted by Crippen LogP contribution is 2.28. The molecule has 2 aromatic heterocycles. The zero-order valence-electron chi connectivity index (χ0n) is 20.1. The molecule has 0 radical (unpaired) electrons. The second kappa shape index (κ2) is 12.5. The maximum Gasteiger partial charge on any atom is 0.303 e. The maximum absolute atomic E-state index is 13.3. The number of aromatic nitrogens is 2. The van der Waals surface area contributed by atoms with Crippen molar-refractivity contribution in [3.8, 4) is 6.07 Å². The molecule has 8 heteroatoms. The van der Waals surface area contributed by atoms with Crippen LogP contribution < -0.4 is 0 Å². The molecule has 7 nitrogen and oxygen atoms in total. The predicted molar refractivity (Wildman–Crippen MR) is 134 cm³/mol. The van der Waals surface area contributed by atoms with Crippen molar-refractivity contribution >= 4 is 34.4 Å². The minimum absolute atomic E-state index is 0.0327. The number of carbonyl (C=O) groups is 2. The van der Waals surface area contributed by atoms with Crippen molar-refractivity contribution in [1.29, 1.82) is 5.26 Å². The van der Waals surface area contributed by atoms with E-state index in [0.717, 1.165) is 24.1 Å². The smallest absolute Gasteiger partial charge is 0.303 e. The number of ketones is 1. The zero-order valence-corrected chi connectivity index (χ0v) is 20.8. The molecule has 0 bridgehead atoms. The number of aryl methyl sites for hydroxylation is 1. The molecule has 184 valence electrons. The van der Waals surface area contributed by atoms with Crippen LogP contribution in [0, 0.1) is 17.2 Å². The molecular formula is C27H30ClN3O4. The fourth-order valence-corrected chi connectivity index (χ4v) is 4.45. The van der Waals surface area contributed by atoms with Crippen LogP contribution in [0.4, 0.5) is 0 Å². The number of benzene rings is 1. The van der Waals surface area contributed by atoms with Gasteiger partial charge in [-0.3, -0.25) is 9.59 Å². The van der Waals surface area contributed by atoms with Crippen molar-refractivity contribution < 1.29 is 19.4 Å². The minimum atomic E-state index is -0.865. The summed E-state index contributed by atoms with van der Waals surface area (Å²) in [5.74, 6) is -1.01. The number of unbranched alkanes of at least 4 members (excludes halogenated alkanes) is 1. The number of carboxylic acid groups (broad SMARTS) is 1. The SMILES string of the molecule is C[C@@H](CCC(=O)c1c(CCCCOCc2cccc(Cl)c2)n(C)c2ncc(C#N)cc12)CC(=O)O.